The fraction of sp³-hybridized carbons (Fsp3) is 0.136. The number of aryl methyl sites for hydroxylation is 1. The number of anilines is 1. The molecule has 0 unspecified atom stereocenters. The van der Waals surface area contributed by atoms with E-state index >= 15 is 0 Å². The number of amides is 1. The van der Waals surface area contributed by atoms with E-state index in [1.807, 2.05) is 0 Å². The molecule has 0 radical (unpaired) electrons. The smallest absolute Gasteiger partial charge is 0.340 e. The van der Waals surface area contributed by atoms with Crippen LogP contribution in [0.4, 0.5) is 5.69 Å². The number of carbonyl (C=O) groups is 3. The third-order valence-corrected chi connectivity index (χ3v) is 4.22. The van der Waals surface area contributed by atoms with Gasteiger partial charge in [0.1, 0.15) is 5.75 Å². The van der Waals surface area contributed by atoms with E-state index in [9.17, 15) is 14.4 Å². The van der Waals surface area contributed by atoms with Crippen LogP contribution >= 0.6 is 0 Å². The van der Waals surface area contributed by atoms with E-state index in [1.54, 1.807) is 49.4 Å². The molecule has 0 spiro atoms. The summed E-state index contributed by atoms with van der Waals surface area (Å²) in [6, 6.07) is 14.7. The van der Waals surface area contributed by atoms with Crippen molar-refractivity contribution in [2.24, 2.45) is 0 Å². The molecule has 0 saturated heterocycles. The van der Waals surface area contributed by atoms with E-state index in [2.05, 4.69) is 5.32 Å². The minimum atomic E-state index is -0.730. The third kappa shape index (κ3) is 4.52. The zero-order valence-corrected chi connectivity index (χ0v) is 15.9. The van der Waals surface area contributed by atoms with Gasteiger partial charge < -0.3 is 19.2 Å². The molecular formula is C22H19NO6. The van der Waals surface area contributed by atoms with Crippen LogP contribution in [-0.2, 0) is 4.74 Å². The summed E-state index contributed by atoms with van der Waals surface area (Å²) in [5, 5.41) is 2.66. The van der Waals surface area contributed by atoms with Crippen LogP contribution < -0.4 is 10.1 Å². The van der Waals surface area contributed by atoms with Crippen LogP contribution in [0.3, 0.4) is 0 Å². The fourth-order valence-electron chi connectivity index (χ4n) is 2.75. The van der Waals surface area contributed by atoms with Crippen LogP contribution in [0.25, 0.3) is 0 Å². The van der Waals surface area contributed by atoms with Gasteiger partial charge in [-0.3, -0.25) is 9.59 Å². The molecular weight excluding hydrogens is 374 g/mol. The predicted octanol–water partition coefficient (Wildman–Crippen LogP) is 3.89. The third-order valence-electron chi connectivity index (χ3n) is 4.22. The quantitative estimate of drug-likeness (QED) is 0.483. The van der Waals surface area contributed by atoms with Crippen LogP contribution in [0.15, 0.2) is 65.3 Å². The maximum absolute atomic E-state index is 12.6. The Bertz CT molecular complexity index is 1040. The molecule has 7 heteroatoms. The molecule has 3 rings (SSSR count). The molecule has 3 aromatic rings. The number of esters is 1. The van der Waals surface area contributed by atoms with Gasteiger partial charge in [-0.05, 0) is 42.8 Å². The molecule has 0 saturated carbocycles. The first kappa shape index (κ1) is 19.9. The van der Waals surface area contributed by atoms with E-state index in [1.165, 1.54) is 25.5 Å². The minimum absolute atomic E-state index is 0.110. The number of para-hydroxylation sites is 2. The normalized spacial score (nSPS) is 10.3. The second-order valence-electron chi connectivity index (χ2n) is 6.13. The Morgan fingerprint density at radius 1 is 0.966 bits per heavy atom. The highest BCUT2D eigenvalue weighted by Crippen LogP contribution is 2.23. The summed E-state index contributed by atoms with van der Waals surface area (Å²) in [5.74, 6) is -1.12. The first-order chi connectivity index (χ1) is 14.0. The number of carbonyl (C=O) groups excluding carboxylic acids is 3. The van der Waals surface area contributed by atoms with Crippen molar-refractivity contribution in [3.8, 4) is 5.75 Å². The molecule has 1 N–H and O–H groups in total. The number of hydrogen-bond donors (Lipinski definition) is 1. The molecule has 148 valence electrons. The van der Waals surface area contributed by atoms with Crippen molar-refractivity contribution >= 4 is 23.3 Å². The zero-order chi connectivity index (χ0) is 20.8. The van der Waals surface area contributed by atoms with E-state index in [0.717, 1.165) is 0 Å². The molecule has 2 aromatic carbocycles. The zero-order valence-electron chi connectivity index (χ0n) is 15.9. The number of rotatable bonds is 7. The lowest BCUT2D eigenvalue weighted by Gasteiger charge is -2.13. The number of methoxy groups -OCH3 is 1. The lowest BCUT2D eigenvalue weighted by Crippen LogP contribution is -2.19. The van der Waals surface area contributed by atoms with E-state index in [-0.39, 0.29) is 11.3 Å². The highest BCUT2D eigenvalue weighted by atomic mass is 16.5. The maximum atomic E-state index is 12.6. The van der Waals surface area contributed by atoms with Gasteiger partial charge in [0.15, 0.2) is 12.4 Å². The Morgan fingerprint density at radius 2 is 1.72 bits per heavy atom. The van der Waals surface area contributed by atoms with Crippen molar-refractivity contribution in [1.29, 1.82) is 0 Å². The molecule has 1 heterocycles. The van der Waals surface area contributed by atoms with Gasteiger partial charge in [0.25, 0.3) is 5.91 Å². The molecule has 0 aliphatic heterocycles. The molecule has 7 nitrogen and oxygen atoms in total. The van der Waals surface area contributed by atoms with Gasteiger partial charge in [-0.1, -0.05) is 24.3 Å². The monoisotopic (exact) mass is 393 g/mol. The summed E-state index contributed by atoms with van der Waals surface area (Å²) < 4.78 is 15.4. The summed E-state index contributed by atoms with van der Waals surface area (Å²) in [5.41, 5.74) is 1.41. The molecule has 0 fully saturated rings. The summed E-state index contributed by atoms with van der Waals surface area (Å²) in [6.07, 6.45) is 1.38. The summed E-state index contributed by atoms with van der Waals surface area (Å²) in [6.45, 7) is 1.28. The van der Waals surface area contributed by atoms with Gasteiger partial charge in [0.05, 0.1) is 30.2 Å². The van der Waals surface area contributed by atoms with Crippen molar-refractivity contribution in [2.75, 3.05) is 19.0 Å². The Hall–Kier alpha value is -3.87. The molecule has 1 amide bonds. The second kappa shape index (κ2) is 8.88. The summed E-state index contributed by atoms with van der Waals surface area (Å²) >= 11 is 0. The molecule has 0 aliphatic rings. The topological polar surface area (TPSA) is 94.8 Å². The second-order valence-corrected chi connectivity index (χ2v) is 6.13. The van der Waals surface area contributed by atoms with Crippen LogP contribution in [0, 0.1) is 6.92 Å². The molecule has 0 aliphatic carbocycles. The number of ether oxygens (including phenoxy) is 2. The highest BCUT2D eigenvalue weighted by Gasteiger charge is 2.20. The fourth-order valence-corrected chi connectivity index (χ4v) is 2.75. The standard InChI is InChI=1S/C22H19NO6/c1-14-7-5-9-16(20(14)23-21(25)19-11-6-12-28-19)22(26)29-13-17(24)15-8-3-4-10-18(15)27-2/h3-12H,13H2,1-2H3,(H,23,25). The largest absolute Gasteiger partial charge is 0.496 e. The Kier molecular flexibility index (Phi) is 6.09. The van der Waals surface area contributed by atoms with Crippen molar-refractivity contribution in [2.45, 2.75) is 6.92 Å². The number of hydrogen-bond acceptors (Lipinski definition) is 6. The predicted molar refractivity (Wildman–Crippen MR) is 105 cm³/mol. The summed E-state index contributed by atoms with van der Waals surface area (Å²) in [4.78, 5) is 37.3. The molecule has 1 aromatic heterocycles. The van der Waals surface area contributed by atoms with Gasteiger partial charge in [0, 0.05) is 0 Å². The number of benzene rings is 2. The lowest BCUT2D eigenvalue weighted by atomic mass is 10.1. The molecule has 0 bridgehead atoms. The average molecular weight is 393 g/mol. The highest BCUT2D eigenvalue weighted by molar-refractivity contribution is 6.08. The van der Waals surface area contributed by atoms with Crippen molar-refractivity contribution in [1.82, 2.24) is 0 Å². The average Bonchev–Trinajstić information content (AvgIpc) is 3.28. The first-order valence-electron chi connectivity index (χ1n) is 8.79. The van der Waals surface area contributed by atoms with Crippen LogP contribution in [0.5, 0.6) is 5.75 Å². The van der Waals surface area contributed by atoms with Crippen LogP contribution in [0.1, 0.15) is 36.8 Å². The number of Topliss-reactive ketones (excluding diaryl/α,β-unsaturated/α-hetero) is 1. The minimum Gasteiger partial charge on any atom is -0.496 e. The number of furan rings is 1. The summed E-state index contributed by atoms with van der Waals surface area (Å²) in [7, 11) is 1.46. The van der Waals surface area contributed by atoms with Gasteiger partial charge >= 0.3 is 5.97 Å². The van der Waals surface area contributed by atoms with E-state index in [0.29, 0.717) is 22.6 Å². The van der Waals surface area contributed by atoms with Gasteiger partial charge in [0.2, 0.25) is 5.78 Å². The van der Waals surface area contributed by atoms with Gasteiger partial charge in [-0.2, -0.15) is 0 Å². The first-order valence-corrected chi connectivity index (χ1v) is 8.79. The van der Waals surface area contributed by atoms with Crippen molar-refractivity contribution < 1.29 is 28.3 Å². The Labute approximate surface area is 167 Å². The Balaban J connectivity index is 1.75. The number of ketones is 1. The van der Waals surface area contributed by atoms with Gasteiger partial charge in [-0.15, -0.1) is 0 Å². The maximum Gasteiger partial charge on any atom is 0.340 e. The molecule has 0 atom stereocenters. The van der Waals surface area contributed by atoms with Crippen LogP contribution in [-0.4, -0.2) is 31.4 Å². The van der Waals surface area contributed by atoms with Crippen molar-refractivity contribution in [3.05, 3.63) is 83.3 Å². The SMILES string of the molecule is COc1ccccc1C(=O)COC(=O)c1cccc(C)c1NC(=O)c1ccco1. The van der Waals surface area contributed by atoms with E-state index < -0.39 is 24.3 Å². The van der Waals surface area contributed by atoms with Crippen LogP contribution in [0.2, 0.25) is 0 Å². The van der Waals surface area contributed by atoms with Crippen molar-refractivity contribution in [3.63, 3.8) is 0 Å². The van der Waals surface area contributed by atoms with E-state index in [4.69, 9.17) is 13.9 Å². The van der Waals surface area contributed by atoms with Gasteiger partial charge in [-0.25, -0.2) is 4.79 Å². The number of nitrogens with one attached hydrogen (secondary N) is 1. The molecule has 29 heavy (non-hydrogen) atoms. The Morgan fingerprint density at radius 3 is 2.45 bits per heavy atom. The lowest BCUT2D eigenvalue weighted by molar-refractivity contribution is 0.0475.